The van der Waals surface area contributed by atoms with Crippen LogP contribution in [0.25, 0.3) is 11.1 Å². The molecule has 0 unspecified atom stereocenters. The lowest BCUT2D eigenvalue weighted by Crippen LogP contribution is -2.29. The Morgan fingerprint density at radius 3 is 1.82 bits per heavy atom. The zero-order valence-corrected chi connectivity index (χ0v) is 18.5. The van der Waals surface area contributed by atoms with E-state index in [-0.39, 0.29) is 5.82 Å². The summed E-state index contributed by atoms with van der Waals surface area (Å²) in [6.07, 6.45) is 0. The normalized spacial score (nSPS) is 11.8. The fourth-order valence-corrected chi connectivity index (χ4v) is 3.69. The van der Waals surface area contributed by atoms with E-state index < -0.39 is 11.9 Å². The topological polar surface area (TPSA) is 29.5 Å². The second-order valence-electron chi connectivity index (χ2n) is 8.01. The number of nitrogens with zero attached hydrogens (tertiary/aromatic N) is 1. The lowest BCUT2D eigenvalue weighted by atomic mass is 9.97. The molecule has 0 heterocycles. The van der Waals surface area contributed by atoms with E-state index in [1.165, 1.54) is 6.07 Å². The van der Waals surface area contributed by atoms with Gasteiger partial charge in [-0.3, -0.25) is 0 Å². The molecular weight excluding hydrogens is 413 g/mol. The third-order valence-electron chi connectivity index (χ3n) is 5.55. The molecule has 0 aromatic heterocycles. The largest absolute Gasteiger partial charge is 0.367 e. The van der Waals surface area contributed by atoms with E-state index in [0.717, 1.165) is 16.7 Å². The SMILES string of the molecule is C[C@@H](C(=O)ON(Cc1ccccc1)Cc1ccccc1)c1ccc(-c2ccccc2)c(F)c1. The first kappa shape index (κ1) is 22.4. The van der Waals surface area contributed by atoms with Crippen LogP contribution in [0.5, 0.6) is 0 Å². The van der Waals surface area contributed by atoms with Crippen LogP contribution in [0.15, 0.2) is 109 Å². The van der Waals surface area contributed by atoms with Crippen molar-refractivity contribution in [3.05, 3.63) is 132 Å². The molecule has 0 aliphatic carbocycles. The fraction of sp³-hybridized carbons (Fsp3) is 0.138. The Kier molecular flexibility index (Phi) is 7.28. The maximum atomic E-state index is 14.8. The molecule has 4 heteroatoms. The number of hydrogen-bond acceptors (Lipinski definition) is 3. The van der Waals surface area contributed by atoms with Crippen LogP contribution in [0.4, 0.5) is 4.39 Å². The first-order valence-corrected chi connectivity index (χ1v) is 11.0. The van der Waals surface area contributed by atoms with Gasteiger partial charge in [-0.15, -0.1) is 5.06 Å². The summed E-state index contributed by atoms with van der Waals surface area (Å²) < 4.78 is 14.8. The van der Waals surface area contributed by atoms with Crippen molar-refractivity contribution >= 4 is 5.97 Å². The molecule has 0 saturated heterocycles. The molecule has 0 radical (unpaired) electrons. The molecule has 3 nitrogen and oxygen atoms in total. The van der Waals surface area contributed by atoms with Crippen molar-refractivity contribution in [3.63, 3.8) is 0 Å². The molecule has 0 aliphatic heterocycles. The van der Waals surface area contributed by atoms with Gasteiger partial charge in [-0.1, -0.05) is 103 Å². The monoisotopic (exact) mass is 439 g/mol. The molecule has 0 bridgehead atoms. The van der Waals surface area contributed by atoms with Gasteiger partial charge in [-0.05, 0) is 35.2 Å². The number of halogens is 1. The van der Waals surface area contributed by atoms with E-state index in [4.69, 9.17) is 4.84 Å². The standard InChI is InChI=1S/C29H26FNO2/c1-22(26-17-18-27(28(30)19-26)25-15-9-4-10-16-25)29(32)33-31(20-23-11-5-2-6-12-23)21-24-13-7-3-8-14-24/h2-19,22H,20-21H2,1H3/t22-/m1/s1. The predicted octanol–water partition coefficient (Wildman–Crippen LogP) is 6.76. The highest BCUT2D eigenvalue weighted by molar-refractivity contribution is 5.78. The van der Waals surface area contributed by atoms with Gasteiger partial charge in [0.15, 0.2) is 0 Å². The van der Waals surface area contributed by atoms with Crippen molar-refractivity contribution in [2.45, 2.75) is 25.9 Å². The van der Waals surface area contributed by atoms with Gasteiger partial charge in [0.1, 0.15) is 5.82 Å². The molecule has 33 heavy (non-hydrogen) atoms. The summed E-state index contributed by atoms with van der Waals surface area (Å²) in [5.41, 5.74) is 3.96. The van der Waals surface area contributed by atoms with Gasteiger partial charge in [0.25, 0.3) is 0 Å². The van der Waals surface area contributed by atoms with Gasteiger partial charge >= 0.3 is 5.97 Å². The van der Waals surface area contributed by atoms with Crippen molar-refractivity contribution in [2.75, 3.05) is 0 Å². The molecule has 0 aliphatic rings. The molecule has 166 valence electrons. The minimum atomic E-state index is -0.613. The Morgan fingerprint density at radius 1 is 0.788 bits per heavy atom. The smallest absolute Gasteiger partial charge is 0.332 e. The van der Waals surface area contributed by atoms with E-state index in [2.05, 4.69) is 0 Å². The fourth-order valence-electron chi connectivity index (χ4n) is 3.69. The van der Waals surface area contributed by atoms with Crippen LogP contribution in [0.3, 0.4) is 0 Å². The molecule has 0 spiro atoms. The lowest BCUT2D eigenvalue weighted by molar-refractivity contribution is -0.198. The molecule has 0 amide bonds. The molecular formula is C29H26FNO2. The van der Waals surface area contributed by atoms with Crippen LogP contribution in [-0.4, -0.2) is 11.0 Å². The van der Waals surface area contributed by atoms with E-state index >= 15 is 0 Å². The van der Waals surface area contributed by atoms with Crippen LogP contribution in [0.2, 0.25) is 0 Å². The number of hydroxylamine groups is 2. The Balaban J connectivity index is 1.50. The summed E-state index contributed by atoms with van der Waals surface area (Å²) in [5, 5.41) is 1.65. The minimum absolute atomic E-state index is 0.358. The van der Waals surface area contributed by atoms with E-state index in [1.807, 2.05) is 91.0 Å². The van der Waals surface area contributed by atoms with Crippen LogP contribution >= 0.6 is 0 Å². The van der Waals surface area contributed by atoms with Gasteiger partial charge in [0, 0.05) is 5.56 Å². The second-order valence-corrected chi connectivity index (χ2v) is 8.01. The first-order valence-electron chi connectivity index (χ1n) is 11.0. The second kappa shape index (κ2) is 10.7. The van der Waals surface area contributed by atoms with E-state index in [0.29, 0.717) is 24.2 Å². The van der Waals surface area contributed by atoms with Gasteiger partial charge in [-0.25, -0.2) is 9.18 Å². The Hall–Kier alpha value is -3.76. The first-order chi connectivity index (χ1) is 16.1. The Morgan fingerprint density at radius 2 is 1.30 bits per heavy atom. The molecule has 1 atom stereocenters. The molecule has 4 rings (SSSR count). The molecule has 0 saturated carbocycles. The summed E-state index contributed by atoms with van der Waals surface area (Å²) >= 11 is 0. The summed E-state index contributed by atoms with van der Waals surface area (Å²) in [7, 11) is 0. The average molecular weight is 440 g/mol. The Bertz CT molecular complexity index is 1140. The Labute approximate surface area is 194 Å². The van der Waals surface area contributed by atoms with Crippen LogP contribution in [-0.2, 0) is 22.7 Å². The van der Waals surface area contributed by atoms with Crippen LogP contribution in [0, 0.1) is 5.82 Å². The minimum Gasteiger partial charge on any atom is -0.367 e. The molecule has 0 fully saturated rings. The highest BCUT2D eigenvalue weighted by Gasteiger charge is 2.22. The maximum absolute atomic E-state index is 14.8. The number of carbonyl (C=O) groups excluding carboxylic acids is 1. The van der Waals surface area contributed by atoms with Gasteiger partial charge < -0.3 is 4.84 Å². The number of carbonyl (C=O) groups is 1. The highest BCUT2D eigenvalue weighted by Crippen LogP contribution is 2.27. The van der Waals surface area contributed by atoms with Crippen LogP contribution < -0.4 is 0 Å². The molecule has 4 aromatic carbocycles. The summed E-state index contributed by atoms with van der Waals surface area (Å²) in [6, 6.07) is 34.0. The summed E-state index contributed by atoms with van der Waals surface area (Å²) in [4.78, 5) is 18.8. The number of hydrogen-bond donors (Lipinski definition) is 0. The zero-order valence-electron chi connectivity index (χ0n) is 18.5. The quantitative estimate of drug-likeness (QED) is 0.284. The summed E-state index contributed by atoms with van der Waals surface area (Å²) in [5.74, 6) is -1.39. The van der Waals surface area contributed by atoms with Crippen molar-refractivity contribution in [2.24, 2.45) is 0 Å². The summed E-state index contributed by atoms with van der Waals surface area (Å²) in [6.45, 7) is 2.65. The zero-order chi connectivity index (χ0) is 23.0. The van der Waals surface area contributed by atoms with Gasteiger partial charge in [-0.2, -0.15) is 0 Å². The highest BCUT2D eigenvalue weighted by atomic mass is 19.1. The van der Waals surface area contributed by atoms with Crippen molar-refractivity contribution in [1.29, 1.82) is 0 Å². The number of benzene rings is 4. The van der Waals surface area contributed by atoms with Crippen molar-refractivity contribution in [1.82, 2.24) is 5.06 Å². The van der Waals surface area contributed by atoms with E-state index in [1.54, 1.807) is 24.1 Å². The van der Waals surface area contributed by atoms with Gasteiger partial charge in [0.2, 0.25) is 0 Å². The maximum Gasteiger partial charge on any atom is 0.332 e. The average Bonchev–Trinajstić information content (AvgIpc) is 2.85. The third kappa shape index (κ3) is 5.93. The van der Waals surface area contributed by atoms with Crippen molar-refractivity contribution < 1.29 is 14.0 Å². The van der Waals surface area contributed by atoms with Crippen molar-refractivity contribution in [3.8, 4) is 11.1 Å². The van der Waals surface area contributed by atoms with Gasteiger partial charge in [0.05, 0.1) is 19.0 Å². The molecule has 4 aromatic rings. The lowest BCUT2D eigenvalue weighted by Gasteiger charge is -2.23. The number of rotatable bonds is 8. The van der Waals surface area contributed by atoms with Crippen LogP contribution in [0.1, 0.15) is 29.5 Å². The third-order valence-corrected chi connectivity index (χ3v) is 5.55. The molecule has 0 N–H and O–H groups in total. The van der Waals surface area contributed by atoms with E-state index in [9.17, 15) is 9.18 Å². The predicted molar refractivity (Wildman–Crippen MR) is 128 cm³/mol.